The molecule has 2 aliphatic rings. The number of rotatable bonds is 3. The normalized spacial score (nSPS) is 16.3. The van der Waals surface area contributed by atoms with Gasteiger partial charge in [-0.15, -0.1) is 23.1 Å². The molecule has 10 aromatic rings. The van der Waals surface area contributed by atoms with Gasteiger partial charge in [-0.05, 0) is 77.4 Å². The third kappa shape index (κ3) is 3.95. The SMILES string of the molecule is C1=CC2c3ccccc3SC2c2c1n(-c1cc(-c3cccnc3)cc(-n3c4ccccc4c4c5sc6ccccc6c5ccc43)c1)c1ccccc21. The molecule has 1 aliphatic heterocycles. The molecule has 2 atom stereocenters. The van der Waals surface area contributed by atoms with Crippen LogP contribution in [-0.2, 0) is 0 Å². The Hall–Kier alpha value is -5.88. The average Bonchev–Trinajstić information content (AvgIpc) is 3.95. The first-order valence-corrected chi connectivity index (χ1v) is 19.5. The summed E-state index contributed by atoms with van der Waals surface area (Å²) in [6.07, 6.45) is 8.66. The molecule has 5 heteroatoms. The van der Waals surface area contributed by atoms with E-state index in [0.717, 1.165) is 22.5 Å². The van der Waals surface area contributed by atoms with E-state index in [1.807, 2.05) is 41.6 Å². The van der Waals surface area contributed by atoms with Crippen LogP contribution in [-0.4, -0.2) is 14.1 Å². The van der Waals surface area contributed by atoms with E-state index in [1.165, 1.54) is 74.6 Å². The zero-order valence-corrected chi connectivity index (χ0v) is 29.5. The summed E-state index contributed by atoms with van der Waals surface area (Å²) in [5.41, 5.74) is 12.3. The number of nitrogens with zero attached hydrogens (tertiary/aromatic N) is 3. The Balaban J connectivity index is 1.15. The summed E-state index contributed by atoms with van der Waals surface area (Å²) in [6.45, 7) is 0. The lowest BCUT2D eigenvalue weighted by molar-refractivity contribution is 0.817. The third-order valence-electron chi connectivity index (χ3n) is 11.2. The molecule has 52 heavy (non-hydrogen) atoms. The Bertz CT molecular complexity index is 3130. The Morgan fingerprint density at radius 1 is 0.577 bits per heavy atom. The summed E-state index contributed by atoms with van der Waals surface area (Å²) in [7, 11) is 0. The van der Waals surface area contributed by atoms with Crippen molar-refractivity contribution in [3.05, 3.63) is 175 Å². The Morgan fingerprint density at radius 2 is 1.33 bits per heavy atom. The highest BCUT2D eigenvalue weighted by Crippen LogP contribution is 2.59. The van der Waals surface area contributed by atoms with Gasteiger partial charge in [-0.3, -0.25) is 4.98 Å². The van der Waals surface area contributed by atoms with Gasteiger partial charge in [-0.25, -0.2) is 0 Å². The maximum Gasteiger partial charge on any atom is 0.0555 e. The number of hydrogen-bond donors (Lipinski definition) is 0. The van der Waals surface area contributed by atoms with Crippen LogP contribution in [0.15, 0.2) is 163 Å². The van der Waals surface area contributed by atoms with Crippen molar-refractivity contribution in [3.8, 4) is 22.5 Å². The zero-order chi connectivity index (χ0) is 33.9. The topological polar surface area (TPSA) is 22.8 Å². The van der Waals surface area contributed by atoms with Gasteiger partial charge in [-0.1, -0.05) is 91.0 Å². The number of aromatic nitrogens is 3. The quantitative estimate of drug-likeness (QED) is 0.183. The minimum Gasteiger partial charge on any atom is -0.309 e. The summed E-state index contributed by atoms with van der Waals surface area (Å²) in [4.78, 5) is 5.95. The van der Waals surface area contributed by atoms with Crippen molar-refractivity contribution in [2.45, 2.75) is 16.1 Å². The molecule has 0 radical (unpaired) electrons. The van der Waals surface area contributed by atoms with Gasteiger partial charge in [0.15, 0.2) is 0 Å². The second-order valence-corrected chi connectivity index (χ2v) is 16.1. The van der Waals surface area contributed by atoms with Crippen molar-refractivity contribution >= 4 is 82.1 Å². The van der Waals surface area contributed by atoms with E-state index in [1.54, 1.807) is 0 Å². The number of pyridine rings is 1. The van der Waals surface area contributed by atoms with Crippen molar-refractivity contribution in [1.29, 1.82) is 0 Å². The summed E-state index contributed by atoms with van der Waals surface area (Å²) in [5, 5.41) is 6.91. The molecular formula is C47H29N3S2. The lowest BCUT2D eigenvalue weighted by atomic mass is 9.86. The number of thioether (sulfide) groups is 1. The Labute approximate surface area is 308 Å². The maximum atomic E-state index is 4.55. The molecule has 3 nitrogen and oxygen atoms in total. The molecule has 0 N–H and O–H groups in total. The van der Waals surface area contributed by atoms with Gasteiger partial charge in [0.1, 0.15) is 0 Å². The number of allylic oxidation sites excluding steroid dienone is 1. The molecule has 0 fully saturated rings. The predicted molar refractivity (Wildman–Crippen MR) is 221 cm³/mol. The van der Waals surface area contributed by atoms with Crippen LogP contribution in [0.3, 0.4) is 0 Å². The third-order valence-corrected chi connectivity index (χ3v) is 13.8. The standard InChI is InChI=1S/C47H29N3S2/c1-5-15-38-36(13-1)44-40(21-19-34-32-11-3-7-17-42(32)51-46(34)44)49(38)30-24-29(28-10-9-23-48-27-28)25-31(26-30)50-39-16-6-2-14-37(39)45-41(50)22-20-35-33-12-4-8-18-43(33)52-47(35)45/h1-27,34,46H. The van der Waals surface area contributed by atoms with Gasteiger partial charge in [-0.2, -0.15) is 0 Å². The molecule has 0 spiro atoms. The first-order chi connectivity index (χ1) is 25.8. The van der Waals surface area contributed by atoms with E-state index in [0.29, 0.717) is 11.2 Å². The molecule has 244 valence electrons. The molecule has 12 rings (SSSR count). The molecule has 6 aromatic carbocycles. The van der Waals surface area contributed by atoms with Gasteiger partial charge < -0.3 is 9.13 Å². The monoisotopic (exact) mass is 699 g/mol. The summed E-state index contributed by atoms with van der Waals surface area (Å²) >= 11 is 3.92. The van der Waals surface area contributed by atoms with Crippen LogP contribution in [0.1, 0.15) is 28.0 Å². The number of hydrogen-bond acceptors (Lipinski definition) is 3. The fourth-order valence-corrected chi connectivity index (χ4v) is 11.7. The first kappa shape index (κ1) is 28.8. The van der Waals surface area contributed by atoms with Crippen molar-refractivity contribution < 1.29 is 0 Å². The van der Waals surface area contributed by atoms with Crippen molar-refractivity contribution in [1.82, 2.24) is 14.1 Å². The summed E-state index contributed by atoms with van der Waals surface area (Å²) < 4.78 is 7.65. The highest BCUT2D eigenvalue weighted by molar-refractivity contribution is 8.00. The maximum absolute atomic E-state index is 4.55. The summed E-state index contributed by atoms with van der Waals surface area (Å²) in [5.74, 6) is 0.369. The van der Waals surface area contributed by atoms with Gasteiger partial charge in [0, 0.05) is 81.7 Å². The van der Waals surface area contributed by atoms with E-state index in [9.17, 15) is 0 Å². The molecular weight excluding hydrogens is 671 g/mol. The molecule has 0 saturated carbocycles. The van der Waals surface area contributed by atoms with E-state index in [-0.39, 0.29) is 0 Å². The van der Waals surface area contributed by atoms with Gasteiger partial charge in [0.25, 0.3) is 0 Å². The van der Waals surface area contributed by atoms with Crippen LogP contribution < -0.4 is 0 Å². The van der Waals surface area contributed by atoms with Crippen LogP contribution >= 0.6 is 23.1 Å². The van der Waals surface area contributed by atoms with Crippen molar-refractivity contribution in [2.75, 3.05) is 0 Å². The minimum atomic E-state index is 0.339. The van der Waals surface area contributed by atoms with E-state index in [4.69, 9.17) is 0 Å². The fraction of sp³-hybridized carbons (Fsp3) is 0.0426. The second-order valence-electron chi connectivity index (χ2n) is 13.9. The number of para-hydroxylation sites is 2. The van der Waals surface area contributed by atoms with Gasteiger partial charge >= 0.3 is 0 Å². The van der Waals surface area contributed by atoms with Crippen LogP contribution in [0.2, 0.25) is 0 Å². The molecule has 0 saturated heterocycles. The molecule has 0 bridgehead atoms. The van der Waals surface area contributed by atoms with Crippen LogP contribution in [0.4, 0.5) is 0 Å². The number of benzene rings is 6. The number of fused-ring (bicyclic) bond motifs is 14. The largest absolute Gasteiger partial charge is 0.309 e. The van der Waals surface area contributed by atoms with Crippen LogP contribution in [0.25, 0.3) is 81.5 Å². The molecule has 1 aliphatic carbocycles. The summed E-state index contributed by atoms with van der Waals surface area (Å²) in [6, 6.07) is 51.6. The minimum absolute atomic E-state index is 0.339. The fourth-order valence-electron chi connectivity index (χ4n) is 8.97. The van der Waals surface area contributed by atoms with E-state index in [2.05, 4.69) is 160 Å². The Morgan fingerprint density at radius 3 is 2.19 bits per heavy atom. The zero-order valence-electron chi connectivity index (χ0n) is 27.9. The van der Waals surface area contributed by atoms with E-state index >= 15 is 0 Å². The molecule has 4 aromatic heterocycles. The van der Waals surface area contributed by atoms with Crippen LogP contribution in [0, 0.1) is 0 Å². The average molecular weight is 700 g/mol. The Kier molecular flexibility index (Phi) is 5.98. The smallest absolute Gasteiger partial charge is 0.0555 e. The predicted octanol–water partition coefficient (Wildman–Crippen LogP) is 13.1. The molecule has 0 amide bonds. The highest BCUT2D eigenvalue weighted by Gasteiger charge is 2.38. The van der Waals surface area contributed by atoms with Gasteiger partial charge in [0.2, 0.25) is 0 Å². The molecule has 5 heterocycles. The van der Waals surface area contributed by atoms with Crippen LogP contribution in [0.5, 0.6) is 0 Å². The lowest BCUT2D eigenvalue weighted by Gasteiger charge is -2.23. The highest BCUT2D eigenvalue weighted by atomic mass is 32.2. The van der Waals surface area contributed by atoms with Gasteiger partial charge in [0.05, 0.1) is 22.2 Å². The number of thiophene rings is 1. The van der Waals surface area contributed by atoms with E-state index < -0.39 is 0 Å². The molecule has 2 unspecified atom stereocenters. The van der Waals surface area contributed by atoms with Crippen molar-refractivity contribution in [2.24, 2.45) is 0 Å². The first-order valence-electron chi connectivity index (χ1n) is 17.8. The lowest BCUT2D eigenvalue weighted by Crippen LogP contribution is -2.08. The second kappa shape index (κ2) is 10.8. The van der Waals surface area contributed by atoms with Crippen molar-refractivity contribution in [3.63, 3.8) is 0 Å².